The molecular formula is C27H28FN4O2+. The van der Waals surface area contributed by atoms with E-state index in [1.54, 1.807) is 4.68 Å². The smallest absolute Gasteiger partial charge is 0.304 e. The molecule has 1 heterocycles. The first-order valence-electron chi connectivity index (χ1n) is 11.4. The van der Waals surface area contributed by atoms with Crippen molar-refractivity contribution in [3.05, 3.63) is 101 Å². The summed E-state index contributed by atoms with van der Waals surface area (Å²) in [6, 6.07) is 21.6. The van der Waals surface area contributed by atoms with Crippen LogP contribution in [0.1, 0.15) is 41.4 Å². The average molecular weight is 460 g/mol. The van der Waals surface area contributed by atoms with Gasteiger partial charge >= 0.3 is 5.91 Å². The Hall–Kier alpha value is -4.00. The Bertz CT molecular complexity index is 1170. The van der Waals surface area contributed by atoms with Crippen molar-refractivity contribution in [1.29, 1.82) is 0 Å². The van der Waals surface area contributed by atoms with E-state index in [4.69, 9.17) is 0 Å². The van der Waals surface area contributed by atoms with Crippen molar-refractivity contribution in [3.8, 4) is 0 Å². The van der Waals surface area contributed by atoms with Crippen LogP contribution in [0.5, 0.6) is 0 Å². The predicted octanol–water partition coefficient (Wildman–Crippen LogP) is 3.69. The molecule has 0 bridgehead atoms. The number of benzene rings is 3. The Labute approximate surface area is 198 Å². The van der Waals surface area contributed by atoms with Crippen LogP contribution in [0.2, 0.25) is 0 Å². The van der Waals surface area contributed by atoms with Crippen molar-refractivity contribution < 1.29 is 18.7 Å². The van der Waals surface area contributed by atoms with E-state index in [2.05, 4.69) is 41.6 Å². The van der Waals surface area contributed by atoms with E-state index >= 15 is 0 Å². The molecule has 3 aromatic rings. The highest BCUT2D eigenvalue weighted by molar-refractivity contribution is 5.98. The van der Waals surface area contributed by atoms with E-state index in [1.807, 2.05) is 48.7 Å². The van der Waals surface area contributed by atoms with Crippen LogP contribution in [-0.4, -0.2) is 41.8 Å². The second kappa shape index (κ2) is 10.3. The molecule has 0 unspecified atom stereocenters. The molecule has 7 heteroatoms. The number of hydrazone groups is 1. The molecule has 4 rings (SSSR count). The fourth-order valence-corrected chi connectivity index (χ4v) is 4.18. The summed E-state index contributed by atoms with van der Waals surface area (Å²) in [7, 11) is 0. The number of nitrogens with one attached hydrogen (secondary N) is 2. The molecule has 0 radical (unpaired) electrons. The fraction of sp³-hybridized carbons (Fsp3) is 0.222. The van der Waals surface area contributed by atoms with Crippen molar-refractivity contribution in [3.63, 3.8) is 0 Å². The van der Waals surface area contributed by atoms with Gasteiger partial charge in [0.1, 0.15) is 5.82 Å². The normalized spacial score (nSPS) is 18.6. The number of nitrogens with zero attached hydrogens (tertiary/aromatic N) is 2. The number of anilines is 1. The van der Waals surface area contributed by atoms with Crippen LogP contribution in [0.25, 0.3) is 0 Å². The number of carbonyl (C=O) groups is 2. The third kappa shape index (κ3) is 4.98. The van der Waals surface area contributed by atoms with E-state index in [9.17, 15) is 14.0 Å². The Morgan fingerprint density at radius 3 is 2.26 bits per heavy atom. The number of hydrazine groups is 1. The summed E-state index contributed by atoms with van der Waals surface area (Å²) in [5.74, 6) is -1.18. The van der Waals surface area contributed by atoms with Crippen molar-refractivity contribution in [2.45, 2.75) is 25.9 Å². The first kappa shape index (κ1) is 23.2. The summed E-state index contributed by atoms with van der Waals surface area (Å²) in [4.78, 5) is 28.0. The molecular weight excluding hydrogens is 431 g/mol. The molecule has 0 aliphatic carbocycles. The second-order valence-electron chi connectivity index (χ2n) is 8.09. The quantitative estimate of drug-likeness (QED) is 0.530. The summed E-state index contributed by atoms with van der Waals surface area (Å²) in [6.45, 7) is 6.09. The average Bonchev–Trinajstić information content (AvgIpc) is 3.16. The Balaban J connectivity index is 1.64. The van der Waals surface area contributed by atoms with Crippen LogP contribution in [-0.2, 0) is 4.79 Å². The summed E-state index contributed by atoms with van der Waals surface area (Å²) in [6.07, 6.45) is 1.87. The molecule has 2 N–H and O–H groups in total. The van der Waals surface area contributed by atoms with Crippen LogP contribution in [0.3, 0.4) is 0 Å². The number of rotatable bonds is 7. The summed E-state index contributed by atoms with van der Waals surface area (Å²) >= 11 is 0. The van der Waals surface area contributed by atoms with Gasteiger partial charge in [0.15, 0.2) is 6.04 Å². The molecule has 174 valence electrons. The van der Waals surface area contributed by atoms with Crippen LogP contribution in [0.4, 0.5) is 10.1 Å². The van der Waals surface area contributed by atoms with Gasteiger partial charge < -0.3 is 10.2 Å². The van der Waals surface area contributed by atoms with E-state index < -0.39 is 23.8 Å². The molecule has 1 saturated heterocycles. The minimum absolute atomic E-state index is 0.287. The largest absolute Gasteiger partial charge is 0.372 e. The lowest BCUT2D eigenvalue weighted by molar-refractivity contribution is -0.596. The lowest BCUT2D eigenvalue weighted by Gasteiger charge is -2.20. The van der Waals surface area contributed by atoms with E-state index in [0.717, 1.165) is 29.9 Å². The zero-order valence-corrected chi connectivity index (χ0v) is 19.2. The Kier molecular flexibility index (Phi) is 7.01. The molecule has 6 nitrogen and oxygen atoms in total. The molecule has 2 amide bonds. The van der Waals surface area contributed by atoms with Crippen molar-refractivity contribution in [1.82, 2.24) is 10.7 Å². The van der Waals surface area contributed by atoms with Crippen molar-refractivity contribution >= 4 is 23.7 Å². The molecule has 0 aromatic heterocycles. The van der Waals surface area contributed by atoms with E-state index in [0.29, 0.717) is 0 Å². The van der Waals surface area contributed by atoms with Gasteiger partial charge in [-0.15, -0.1) is 10.1 Å². The molecule has 34 heavy (non-hydrogen) atoms. The highest BCUT2D eigenvalue weighted by Crippen LogP contribution is 2.25. The van der Waals surface area contributed by atoms with E-state index in [1.165, 1.54) is 24.3 Å². The summed E-state index contributed by atoms with van der Waals surface area (Å²) in [5.41, 5.74) is 6.10. The number of hydrogen-bond acceptors (Lipinski definition) is 3. The number of amides is 2. The SMILES string of the molecule is CCN(CC)c1ccc(/C=[N+]2\NC(=O)[C@@H](NC(=O)c3ccc(F)cc3)[C@@H]2c2ccccc2)cc1. The minimum atomic E-state index is -0.828. The summed E-state index contributed by atoms with van der Waals surface area (Å²) < 4.78 is 15.0. The van der Waals surface area contributed by atoms with Gasteiger partial charge in [-0.25, -0.2) is 4.39 Å². The monoisotopic (exact) mass is 459 g/mol. The third-order valence-electron chi connectivity index (χ3n) is 5.98. The maximum absolute atomic E-state index is 13.3. The molecule has 2 atom stereocenters. The predicted molar refractivity (Wildman–Crippen MR) is 130 cm³/mol. The van der Waals surface area contributed by atoms with Gasteiger partial charge in [-0.1, -0.05) is 30.3 Å². The molecule has 3 aromatic carbocycles. The van der Waals surface area contributed by atoms with Crippen LogP contribution < -0.4 is 15.6 Å². The molecule has 1 aliphatic rings. The second-order valence-corrected chi connectivity index (χ2v) is 8.09. The van der Waals surface area contributed by atoms with Crippen molar-refractivity contribution in [2.24, 2.45) is 0 Å². The standard InChI is InChI=1S/C27H27FN4O2/c1-3-31(4-2)23-16-10-19(11-17-23)18-32-25(20-8-6-5-7-9-20)24(27(34)30-32)29-26(33)21-12-14-22(28)15-13-21/h5-18,24-25H,3-4H2,1-2H3,(H-,29,30,33,34)/p+1/t24-,25-/m0/s1. The van der Waals surface area contributed by atoms with E-state index in [-0.39, 0.29) is 11.5 Å². The maximum atomic E-state index is 13.3. The lowest BCUT2D eigenvalue weighted by Crippen LogP contribution is -2.42. The first-order chi connectivity index (χ1) is 16.5. The van der Waals surface area contributed by atoms with Gasteiger partial charge in [0.25, 0.3) is 5.91 Å². The zero-order valence-electron chi connectivity index (χ0n) is 19.2. The lowest BCUT2D eigenvalue weighted by atomic mass is 10.00. The molecule has 1 fully saturated rings. The van der Waals surface area contributed by atoms with Gasteiger partial charge in [0.2, 0.25) is 12.3 Å². The molecule has 0 spiro atoms. The van der Waals surface area contributed by atoms with Crippen LogP contribution in [0, 0.1) is 5.82 Å². The highest BCUT2D eigenvalue weighted by Gasteiger charge is 2.47. The van der Waals surface area contributed by atoms with Crippen LogP contribution >= 0.6 is 0 Å². The summed E-state index contributed by atoms with van der Waals surface area (Å²) in [5, 5.41) is 2.83. The topological polar surface area (TPSA) is 64.5 Å². The first-order valence-corrected chi connectivity index (χ1v) is 11.4. The number of hydrogen-bond donors (Lipinski definition) is 2. The number of halogens is 1. The minimum Gasteiger partial charge on any atom is -0.372 e. The Morgan fingerprint density at radius 2 is 1.65 bits per heavy atom. The van der Waals surface area contributed by atoms with Gasteiger partial charge in [-0.3, -0.25) is 9.59 Å². The van der Waals surface area contributed by atoms with Crippen molar-refractivity contribution in [2.75, 3.05) is 18.0 Å². The maximum Gasteiger partial charge on any atom is 0.304 e. The Morgan fingerprint density at radius 1 is 1.00 bits per heavy atom. The highest BCUT2D eigenvalue weighted by atomic mass is 19.1. The molecule has 0 saturated carbocycles. The van der Waals surface area contributed by atoms with Crippen LogP contribution in [0.15, 0.2) is 78.9 Å². The van der Waals surface area contributed by atoms with Gasteiger partial charge in [0, 0.05) is 35.5 Å². The zero-order chi connectivity index (χ0) is 24.1. The third-order valence-corrected chi connectivity index (χ3v) is 5.98. The molecule has 1 aliphatic heterocycles. The number of carbonyl (C=O) groups excluding carboxylic acids is 2. The fourth-order valence-electron chi connectivity index (χ4n) is 4.18. The van der Waals surface area contributed by atoms with Gasteiger partial charge in [0.05, 0.1) is 0 Å². The van der Waals surface area contributed by atoms with Gasteiger partial charge in [-0.05, 0) is 62.4 Å². The van der Waals surface area contributed by atoms with Gasteiger partial charge in [-0.2, -0.15) is 0 Å².